The molecule has 3 aromatic rings. The van der Waals surface area contributed by atoms with E-state index in [2.05, 4.69) is 41.7 Å². The molecule has 2 heterocycles. The molecule has 9 heteroatoms. The zero-order valence-electron chi connectivity index (χ0n) is 19.5. The van der Waals surface area contributed by atoms with E-state index < -0.39 is 0 Å². The fourth-order valence-corrected chi connectivity index (χ4v) is 3.77. The van der Waals surface area contributed by atoms with E-state index in [1.165, 1.54) is 0 Å². The molecule has 0 aliphatic heterocycles. The Morgan fingerprint density at radius 2 is 1.97 bits per heavy atom. The fraction of sp³-hybridized carbons (Fsp3) is 0.360. The predicted octanol–water partition coefficient (Wildman–Crippen LogP) is 3.75. The lowest BCUT2D eigenvalue weighted by Crippen LogP contribution is -2.36. The number of urea groups is 1. The van der Waals surface area contributed by atoms with Gasteiger partial charge in [0.2, 0.25) is 5.95 Å². The van der Waals surface area contributed by atoms with Crippen molar-refractivity contribution >= 4 is 34.5 Å². The number of nitrogens with one attached hydrogen (secondary N) is 3. The molecule has 9 nitrogen and oxygen atoms in total. The van der Waals surface area contributed by atoms with Gasteiger partial charge in [0.1, 0.15) is 18.2 Å². The van der Waals surface area contributed by atoms with Crippen LogP contribution < -0.4 is 20.7 Å². The second kappa shape index (κ2) is 10.8. The Morgan fingerprint density at radius 3 is 2.68 bits per heavy atom. The Kier molecular flexibility index (Phi) is 7.40. The Morgan fingerprint density at radius 1 is 1.21 bits per heavy atom. The average molecular weight is 460 g/mol. The quantitative estimate of drug-likeness (QED) is 0.441. The van der Waals surface area contributed by atoms with Crippen LogP contribution in [0.3, 0.4) is 0 Å². The normalized spacial score (nSPS) is 13.6. The number of ether oxygens (including phenoxy) is 1. The van der Waals surface area contributed by atoms with Crippen molar-refractivity contribution in [3.63, 3.8) is 0 Å². The number of fused-ring (bicyclic) bond motifs is 1. The fourth-order valence-electron chi connectivity index (χ4n) is 3.77. The first-order valence-corrected chi connectivity index (χ1v) is 11.4. The average Bonchev–Trinajstić information content (AvgIpc) is 3.32. The van der Waals surface area contributed by atoms with E-state index in [0.29, 0.717) is 35.0 Å². The molecule has 0 radical (unpaired) electrons. The molecule has 1 aromatic carbocycles. The highest BCUT2D eigenvalue weighted by Gasteiger charge is 2.18. The van der Waals surface area contributed by atoms with Crippen LogP contribution in [0.5, 0.6) is 5.75 Å². The highest BCUT2D eigenvalue weighted by atomic mass is 16.5. The van der Waals surface area contributed by atoms with Crippen molar-refractivity contribution in [2.75, 3.05) is 37.9 Å². The van der Waals surface area contributed by atoms with E-state index in [1.807, 2.05) is 38.4 Å². The number of amides is 2. The third-order valence-electron chi connectivity index (χ3n) is 5.57. The van der Waals surface area contributed by atoms with Gasteiger partial charge >= 0.3 is 6.03 Å². The number of nitrogens with zero attached hydrogens (tertiary/aromatic N) is 4. The minimum Gasteiger partial charge on any atom is -0.492 e. The number of hydrogen-bond acceptors (Lipinski definition) is 7. The van der Waals surface area contributed by atoms with Crippen LogP contribution in [0.4, 0.5) is 22.2 Å². The van der Waals surface area contributed by atoms with Crippen LogP contribution >= 0.6 is 0 Å². The topological polar surface area (TPSA) is 104 Å². The Labute approximate surface area is 199 Å². The number of hydrogen-bond donors (Lipinski definition) is 3. The molecule has 2 aromatic heterocycles. The first-order chi connectivity index (χ1) is 16.5. The first kappa shape index (κ1) is 23.3. The summed E-state index contributed by atoms with van der Waals surface area (Å²) >= 11 is 0. The van der Waals surface area contributed by atoms with Crippen molar-refractivity contribution in [2.24, 2.45) is 0 Å². The second-order valence-electron chi connectivity index (χ2n) is 8.51. The molecule has 1 aliphatic carbocycles. The number of aromatic nitrogens is 3. The second-order valence-corrected chi connectivity index (χ2v) is 8.51. The van der Waals surface area contributed by atoms with Gasteiger partial charge in [-0.05, 0) is 57.3 Å². The van der Waals surface area contributed by atoms with E-state index in [-0.39, 0.29) is 12.1 Å². The highest BCUT2D eigenvalue weighted by molar-refractivity contribution is 5.91. The summed E-state index contributed by atoms with van der Waals surface area (Å²) < 4.78 is 5.72. The van der Waals surface area contributed by atoms with Crippen molar-refractivity contribution in [3.8, 4) is 18.1 Å². The van der Waals surface area contributed by atoms with Gasteiger partial charge in [0.15, 0.2) is 5.65 Å². The summed E-state index contributed by atoms with van der Waals surface area (Å²) in [5, 5.41) is 9.57. The number of rotatable bonds is 8. The van der Waals surface area contributed by atoms with Gasteiger partial charge < -0.3 is 20.3 Å². The van der Waals surface area contributed by atoms with Crippen LogP contribution in [-0.2, 0) is 0 Å². The highest BCUT2D eigenvalue weighted by Crippen LogP contribution is 2.23. The SMILES string of the molecule is C#Cc1cc(NC(=O)NC2CCCC2)nc2nc(Nc3ccc(OCCN(C)C)cc3)ncc12. The van der Waals surface area contributed by atoms with Gasteiger partial charge in [0.05, 0.1) is 5.39 Å². The molecule has 0 saturated heterocycles. The molecule has 3 N–H and O–H groups in total. The Balaban J connectivity index is 1.46. The van der Waals surface area contributed by atoms with E-state index in [9.17, 15) is 4.79 Å². The van der Waals surface area contributed by atoms with Gasteiger partial charge in [-0.25, -0.2) is 14.8 Å². The summed E-state index contributed by atoms with van der Waals surface area (Å²) in [5.74, 6) is 4.14. The van der Waals surface area contributed by atoms with Gasteiger partial charge in [-0.1, -0.05) is 18.8 Å². The number of pyridine rings is 1. The third-order valence-corrected chi connectivity index (χ3v) is 5.57. The smallest absolute Gasteiger partial charge is 0.320 e. The third kappa shape index (κ3) is 6.11. The van der Waals surface area contributed by atoms with Gasteiger partial charge in [0.25, 0.3) is 0 Å². The van der Waals surface area contributed by atoms with Crippen LogP contribution in [0.25, 0.3) is 11.0 Å². The molecule has 4 rings (SSSR count). The zero-order valence-corrected chi connectivity index (χ0v) is 19.5. The summed E-state index contributed by atoms with van der Waals surface area (Å²) in [6.07, 6.45) is 11.6. The van der Waals surface area contributed by atoms with Crippen LogP contribution in [0, 0.1) is 12.3 Å². The molecule has 2 amide bonds. The van der Waals surface area contributed by atoms with E-state index in [0.717, 1.165) is 43.7 Å². The van der Waals surface area contributed by atoms with Crippen LogP contribution in [0.2, 0.25) is 0 Å². The maximum atomic E-state index is 12.4. The van der Waals surface area contributed by atoms with Crippen molar-refractivity contribution in [2.45, 2.75) is 31.7 Å². The molecular formula is C25H29N7O2. The maximum Gasteiger partial charge on any atom is 0.320 e. The molecule has 1 saturated carbocycles. The molecule has 0 atom stereocenters. The number of carbonyl (C=O) groups is 1. The largest absolute Gasteiger partial charge is 0.492 e. The lowest BCUT2D eigenvalue weighted by molar-refractivity contribution is 0.248. The predicted molar refractivity (Wildman–Crippen MR) is 133 cm³/mol. The molecule has 1 aliphatic rings. The molecule has 34 heavy (non-hydrogen) atoms. The van der Waals surface area contributed by atoms with Crippen molar-refractivity contribution in [1.29, 1.82) is 0 Å². The monoisotopic (exact) mass is 459 g/mol. The first-order valence-electron chi connectivity index (χ1n) is 11.4. The number of anilines is 3. The number of likely N-dealkylation sites (N-methyl/N-ethyl adjacent to an activating group) is 1. The van der Waals surface area contributed by atoms with Gasteiger partial charge in [-0.15, -0.1) is 6.42 Å². The van der Waals surface area contributed by atoms with Crippen molar-refractivity contribution in [3.05, 3.63) is 42.1 Å². The molecular weight excluding hydrogens is 430 g/mol. The lowest BCUT2D eigenvalue weighted by Gasteiger charge is -2.13. The summed E-state index contributed by atoms with van der Waals surface area (Å²) in [6, 6.07) is 9.13. The summed E-state index contributed by atoms with van der Waals surface area (Å²) in [4.78, 5) is 27.8. The maximum absolute atomic E-state index is 12.4. The zero-order chi connectivity index (χ0) is 23.9. The van der Waals surface area contributed by atoms with Crippen molar-refractivity contribution < 1.29 is 9.53 Å². The van der Waals surface area contributed by atoms with Gasteiger partial charge in [-0.3, -0.25) is 5.32 Å². The Bertz CT molecular complexity index is 1180. The molecule has 0 spiro atoms. The summed E-state index contributed by atoms with van der Waals surface area (Å²) in [5.41, 5.74) is 1.77. The van der Waals surface area contributed by atoms with Crippen molar-refractivity contribution in [1.82, 2.24) is 25.2 Å². The standard InChI is InChI=1S/C25H29N7O2/c1-4-17-15-22(30-25(33)28-18-7-5-6-8-18)29-23-21(17)16-26-24(31-23)27-19-9-11-20(12-10-19)34-14-13-32(2)3/h1,9-12,15-16,18H,5-8,13-14H2,2-3H3,(H3,26,27,28,29,30,31,33). The molecule has 0 unspecified atom stereocenters. The van der Waals surface area contributed by atoms with Crippen LogP contribution in [0.15, 0.2) is 36.5 Å². The summed E-state index contributed by atoms with van der Waals surface area (Å²) in [6.45, 7) is 1.46. The van der Waals surface area contributed by atoms with Crippen LogP contribution in [0.1, 0.15) is 31.2 Å². The van der Waals surface area contributed by atoms with Crippen LogP contribution in [-0.4, -0.2) is 59.2 Å². The van der Waals surface area contributed by atoms with Gasteiger partial charge in [-0.2, -0.15) is 4.98 Å². The molecule has 1 fully saturated rings. The molecule has 0 bridgehead atoms. The van der Waals surface area contributed by atoms with E-state index in [1.54, 1.807) is 12.3 Å². The van der Waals surface area contributed by atoms with E-state index in [4.69, 9.17) is 11.2 Å². The minimum atomic E-state index is -0.290. The number of benzene rings is 1. The number of terminal acetylenes is 1. The lowest BCUT2D eigenvalue weighted by atomic mass is 10.2. The minimum absolute atomic E-state index is 0.204. The van der Waals surface area contributed by atoms with E-state index >= 15 is 0 Å². The number of carbonyl (C=O) groups excluding carboxylic acids is 1. The Hall–Kier alpha value is -3.90. The summed E-state index contributed by atoms with van der Waals surface area (Å²) in [7, 11) is 4.01. The van der Waals surface area contributed by atoms with Gasteiger partial charge in [0, 0.05) is 30.0 Å². The molecule has 176 valence electrons.